The van der Waals surface area contributed by atoms with E-state index in [1.54, 1.807) is 12.1 Å². The number of aliphatic hydroxyl groups is 1. The lowest BCUT2D eigenvalue weighted by atomic mass is 10.2. The molecule has 0 saturated heterocycles. The first-order valence-corrected chi connectivity index (χ1v) is 6.87. The molecule has 17 heavy (non-hydrogen) atoms. The van der Waals surface area contributed by atoms with Gasteiger partial charge in [0.1, 0.15) is 6.16 Å². The lowest BCUT2D eigenvalue weighted by molar-refractivity contribution is -0.861. The monoisotopic (exact) mass is 255 g/mol. The topological polar surface area (TPSA) is 69.3 Å². The standard InChI is InChI=1S/C12H19N2O2P/c1-14(2,3)8-12(15)17(16)9-10-4-6-11(13)7-5-10/h4-7H,8-9,13H2,1-3H3/p+1. The average molecular weight is 255 g/mol. The Morgan fingerprint density at radius 2 is 1.82 bits per heavy atom. The Morgan fingerprint density at radius 1 is 1.29 bits per heavy atom. The van der Waals surface area contributed by atoms with Gasteiger partial charge in [-0.1, -0.05) is 12.1 Å². The quantitative estimate of drug-likeness (QED) is 0.473. The SMILES string of the molecule is C[N+](C)(C)C/C(O)=[P+](\[O-])Cc1ccc(N)cc1. The summed E-state index contributed by atoms with van der Waals surface area (Å²) >= 11 is 0. The number of quaternary nitrogens is 1. The summed E-state index contributed by atoms with van der Waals surface area (Å²) in [5.41, 5.74) is 7.25. The number of aliphatic hydroxyl groups excluding tert-OH is 1. The van der Waals surface area contributed by atoms with Crippen LogP contribution < -0.4 is 10.6 Å². The zero-order valence-corrected chi connectivity index (χ0v) is 11.4. The van der Waals surface area contributed by atoms with Gasteiger partial charge < -0.3 is 20.2 Å². The Bertz CT molecular complexity index is 408. The van der Waals surface area contributed by atoms with Crippen LogP contribution in [0.2, 0.25) is 0 Å². The number of nitrogens with zero attached hydrogens (tertiary/aromatic N) is 1. The highest BCUT2D eigenvalue weighted by atomic mass is 31.1. The summed E-state index contributed by atoms with van der Waals surface area (Å²) < 4.78 is 0.564. The molecule has 94 valence electrons. The normalized spacial score (nSPS) is 13.5. The predicted molar refractivity (Wildman–Crippen MR) is 71.3 cm³/mol. The highest BCUT2D eigenvalue weighted by Crippen LogP contribution is 2.22. The first kappa shape index (κ1) is 14.1. The number of nitrogens with two attached hydrogens (primary N) is 1. The van der Waals surface area contributed by atoms with Gasteiger partial charge in [-0.15, -0.1) is 0 Å². The maximum atomic E-state index is 11.9. The first-order valence-electron chi connectivity index (χ1n) is 5.42. The van der Waals surface area contributed by atoms with Crippen LogP contribution in [0, 0.1) is 0 Å². The van der Waals surface area contributed by atoms with Gasteiger partial charge in [-0.2, -0.15) is 0 Å². The number of anilines is 1. The molecule has 1 atom stereocenters. The lowest BCUT2D eigenvalue weighted by Crippen LogP contribution is -2.39. The van der Waals surface area contributed by atoms with E-state index in [-0.39, 0.29) is 5.48 Å². The van der Waals surface area contributed by atoms with Crippen LogP contribution in [0.4, 0.5) is 5.69 Å². The zero-order chi connectivity index (χ0) is 13.1. The molecule has 1 rings (SSSR count). The fraction of sp³-hybridized carbons (Fsp3) is 0.417. The lowest BCUT2D eigenvalue weighted by Gasteiger charge is -2.22. The summed E-state index contributed by atoms with van der Waals surface area (Å²) in [6.07, 6.45) is 0.363. The molecule has 0 aliphatic rings. The average Bonchev–Trinajstić information content (AvgIpc) is 2.19. The van der Waals surface area contributed by atoms with Crippen LogP contribution in [0.3, 0.4) is 0 Å². The fourth-order valence-corrected chi connectivity index (χ4v) is 2.69. The van der Waals surface area contributed by atoms with E-state index in [0.717, 1.165) is 5.56 Å². The van der Waals surface area contributed by atoms with E-state index < -0.39 is 7.77 Å². The highest BCUT2D eigenvalue weighted by molar-refractivity contribution is 7.50. The molecule has 0 spiro atoms. The minimum atomic E-state index is -1.73. The molecule has 0 fully saturated rings. The first-order chi connectivity index (χ1) is 7.78. The van der Waals surface area contributed by atoms with Crippen LogP contribution in [-0.2, 0) is 6.16 Å². The van der Waals surface area contributed by atoms with Crippen molar-refractivity contribution in [1.82, 2.24) is 0 Å². The van der Waals surface area contributed by atoms with Gasteiger partial charge in [0.25, 0.3) is 5.48 Å². The summed E-state index contributed by atoms with van der Waals surface area (Å²) in [5.74, 6) is 0. The molecule has 0 aliphatic heterocycles. The van der Waals surface area contributed by atoms with Crippen LogP contribution in [0.25, 0.3) is 0 Å². The Labute approximate surface area is 103 Å². The molecule has 0 saturated carbocycles. The number of hydrogen-bond acceptors (Lipinski definition) is 2. The van der Waals surface area contributed by atoms with E-state index in [2.05, 4.69) is 0 Å². The molecule has 0 aliphatic carbocycles. The van der Waals surface area contributed by atoms with Crippen molar-refractivity contribution in [3.05, 3.63) is 29.8 Å². The smallest absolute Gasteiger partial charge is 0.274 e. The summed E-state index contributed by atoms with van der Waals surface area (Å²) in [6.45, 7) is 0.407. The van der Waals surface area contributed by atoms with E-state index in [1.165, 1.54) is 0 Å². The van der Waals surface area contributed by atoms with Gasteiger partial charge in [0.05, 0.1) is 28.9 Å². The second-order valence-electron chi connectivity index (χ2n) is 5.14. The number of rotatable bonds is 4. The molecule has 1 aromatic carbocycles. The molecule has 0 amide bonds. The highest BCUT2D eigenvalue weighted by Gasteiger charge is 2.17. The summed E-state index contributed by atoms with van der Waals surface area (Å²) in [5, 5.41) is 9.76. The van der Waals surface area contributed by atoms with E-state index >= 15 is 0 Å². The van der Waals surface area contributed by atoms with Crippen LogP contribution in [-0.4, -0.2) is 42.8 Å². The predicted octanol–water partition coefficient (Wildman–Crippen LogP) is 0.735. The van der Waals surface area contributed by atoms with Crippen molar-refractivity contribution in [2.75, 3.05) is 33.4 Å². The largest absolute Gasteiger partial charge is 0.628 e. The summed E-state index contributed by atoms with van der Waals surface area (Å²) in [4.78, 5) is 11.9. The number of benzene rings is 1. The molecular formula is C12H20N2O2P+. The minimum absolute atomic E-state index is 0.0734. The molecule has 0 heterocycles. The third kappa shape index (κ3) is 5.29. The second-order valence-corrected chi connectivity index (χ2v) is 6.73. The van der Waals surface area contributed by atoms with Crippen molar-refractivity contribution < 1.29 is 14.5 Å². The molecule has 5 heteroatoms. The van der Waals surface area contributed by atoms with Gasteiger partial charge in [-0.25, -0.2) is 0 Å². The van der Waals surface area contributed by atoms with Crippen molar-refractivity contribution in [3.63, 3.8) is 0 Å². The van der Waals surface area contributed by atoms with Crippen molar-refractivity contribution >= 4 is 18.9 Å². The van der Waals surface area contributed by atoms with Crippen LogP contribution in [0.15, 0.2) is 24.3 Å². The maximum Gasteiger partial charge on any atom is 0.274 e. The molecular weight excluding hydrogens is 235 g/mol. The van der Waals surface area contributed by atoms with Crippen molar-refractivity contribution in [2.45, 2.75) is 6.16 Å². The second kappa shape index (κ2) is 5.61. The molecule has 0 bridgehead atoms. The number of hydrogen-bond donors (Lipinski definition) is 2. The number of nitrogen functional groups attached to an aromatic ring is 1. The van der Waals surface area contributed by atoms with Gasteiger partial charge in [0.15, 0.2) is 6.54 Å². The zero-order valence-electron chi connectivity index (χ0n) is 10.6. The third-order valence-corrected chi connectivity index (χ3v) is 3.58. The van der Waals surface area contributed by atoms with Crippen molar-refractivity contribution in [2.24, 2.45) is 0 Å². The van der Waals surface area contributed by atoms with Gasteiger partial charge in [-0.3, -0.25) is 0 Å². The fourth-order valence-electron chi connectivity index (χ4n) is 1.38. The molecule has 0 aromatic heterocycles. The van der Waals surface area contributed by atoms with Gasteiger partial charge in [0.2, 0.25) is 0 Å². The van der Waals surface area contributed by atoms with E-state index in [9.17, 15) is 10.00 Å². The van der Waals surface area contributed by atoms with Crippen LogP contribution in [0.1, 0.15) is 5.56 Å². The summed E-state index contributed by atoms with van der Waals surface area (Å²) in [7, 11) is 4.11. The molecule has 3 N–H and O–H groups in total. The Balaban J connectivity index is 2.73. The maximum absolute atomic E-state index is 11.9. The van der Waals surface area contributed by atoms with Crippen LogP contribution in [0.5, 0.6) is 0 Å². The minimum Gasteiger partial charge on any atom is -0.628 e. The molecule has 4 nitrogen and oxygen atoms in total. The third-order valence-electron chi connectivity index (χ3n) is 2.21. The Hall–Kier alpha value is -0.930. The van der Waals surface area contributed by atoms with E-state index in [4.69, 9.17) is 5.73 Å². The van der Waals surface area contributed by atoms with E-state index in [1.807, 2.05) is 33.3 Å². The molecule has 0 radical (unpaired) electrons. The Morgan fingerprint density at radius 3 is 2.29 bits per heavy atom. The van der Waals surface area contributed by atoms with Crippen molar-refractivity contribution in [3.8, 4) is 0 Å². The summed E-state index contributed by atoms with van der Waals surface area (Å²) in [6, 6.07) is 7.22. The van der Waals surface area contributed by atoms with Gasteiger partial charge >= 0.3 is 0 Å². The van der Waals surface area contributed by atoms with Crippen LogP contribution >= 0.6 is 7.77 Å². The molecule has 1 unspecified atom stereocenters. The molecule has 1 aromatic rings. The Kier molecular flexibility index (Phi) is 4.66. The van der Waals surface area contributed by atoms with Gasteiger partial charge in [-0.05, 0) is 17.7 Å². The number of likely N-dealkylation sites (N-methyl/N-ethyl adjacent to an activating group) is 1. The van der Waals surface area contributed by atoms with Crippen molar-refractivity contribution in [1.29, 1.82) is 0 Å². The van der Waals surface area contributed by atoms with Gasteiger partial charge in [0, 0.05) is 5.69 Å². The van der Waals surface area contributed by atoms with E-state index in [0.29, 0.717) is 22.9 Å².